The van der Waals surface area contributed by atoms with Crippen molar-refractivity contribution in [3.05, 3.63) is 12.5 Å². The molecule has 2 aliphatic heterocycles. The molecule has 140 valence electrons. The zero-order chi connectivity index (χ0) is 17.9. The molecular weight excluding hydrogens is 332 g/mol. The van der Waals surface area contributed by atoms with E-state index in [-0.39, 0.29) is 5.91 Å². The first-order valence-corrected chi connectivity index (χ1v) is 9.31. The number of anilines is 1. The van der Waals surface area contributed by atoms with Crippen LogP contribution in [0.15, 0.2) is 12.5 Å². The Hall–Kier alpha value is -2.26. The van der Waals surface area contributed by atoms with E-state index in [4.69, 9.17) is 0 Å². The van der Waals surface area contributed by atoms with E-state index in [1.165, 1.54) is 0 Å². The van der Waals surface area contributed by atoms with Crippen LogP contribution >= 0.6 is 0 Å². The van der Waals surface area contributed by atoms with Crippen LogP contribution in [0, 0.1) is 0 Å². The van der Waals surface area contributed by atoms with E-state index in [0.717, 1.165) is 75.8 Å². The van der Waals surface area contributed by atoms with Gasteiger partial charge in [-0.15, -0.1) is 0 Å². The number of nitrogens with zero attached hydrogens (tertiary/aromatic N) is 7. The fourth-order valence-corrected chi connectivity index (χ4v) is 3.71. The van der Waals surface area contributed by atoms with E-state index in [0.29, 0.717) is 6.42 Å². The molecule has 4 rings (SSSR count). The van der Waals surface area contributed by atoms with Crippen LogP contribution in [0.3, 0.4) is 0 Å². The van der Waals surface area contributed by atoms with Crippen LogP contribution < -0.4 is 10.2 Å². The predicted octanol–water partition coefficient (Wildman–Crippen LogP) is -0.693. The number of fused-ring (bicyclic) bond motifs is 1. The van der Waals surface area contributed by atoms with Crippen molar-refractivity contribution in [2.45, 2.75) is 6.42 Å². The highest BCUT2D eigenvalue weighted by Crippen LogP contribution is 2.23. The predicted molar refractivity (Wildman–Crippen MR) is 99.0 cm³/mol. The molecule has 2 aromatic rings. The minimum Gasteiger partial charge on any atom is -0.353 e. The Morgan fingerprint density at radius 2 is 1.88 bits per heavy atom. The number of hydrogen-bond acceptors (Lipinski definition) is 7. The van der Waals surface area contributed by atoms with Gasteiger partial charge in [0.2, 0.25) is 5.91 Å². The molecule has 0 unspecified atom stereocenters. The van der Waals surface area contributed by atoms with Crippen LogP contribution in [0.1, 0.15) is 6.42 Å². The number of aryl methyl sites for hydroxylation is 1. The summed E-state index contributed by atoms with van der Waals surface area (Å²) >= 11 is 0. The molecule has 2 aromatic heterocycles. The average Bonchev–Trinajstić information content (AvgIpc) is 3.08. The maximum atomic E-state index is 12.3. The minimum atomic E-state index is 0.279. The van der Waals surface area contributed by atoms with Gasteiger partial charge in [-0.05, 0) is 0 Å². The Bertz CT molecular complexity index is 761. The third-order valence-corrected chi connectivity index (χ3v) is 5.29. The Balaban J connectivity index is 1.30. The van der Waals surface area contributed by atoms with E-state index in [2.05, 4.69) is 30.2 Å². The van der Waals surface area contributed by atoms with Gasteiger partial charge in [-0.25, -0.2) is 9.97 Å². The van der Waals surface area contributed by atoms with Gasteiger partial charge in [-0.1, -0.05) is 0 Å². The summed E-state index contributed by atoms with van der Waals surface area (Å²) in [6, 6.07) is 0. The van der Waals surface area contributed by atoms with Gasteiger partial charge in [0.25, 0.3) is 0 Å². The van der Waals surface area contributed by atoms with Crippen LogP contribution in [0.2, 0.25) is 0 Å². The van der Waals surface area contributed by atoms with Crippen LogP contribution in [0.5, 0.6) is 0 Å². The molecule has 4 heterocycles. The summed E-state index contributed by atoms with van der Waals surface area (Å²) in [5.41, 5.74) is 0.860. The number of carbonyl (C=O) groups is 1. The molecule has 0 radical (unpaired) electrons. The Morgan fingerprint density at radius 1 is 1.12 bits per heavy atom. The molecule has 1 N–H and O–H groups in total. The van der Waals surface area contributed by atoms with Crippen molar-refractivity contribution >= 4 is 22.8 Å². The zero-order valence-corrected chi connectivity index (χ0v) is 15.3. The second-order valence-corrected chi connectivity index (χ2v) is 6.91. The highest BCUT2D eigenvalue weighted by molar-refractivity contribution is 5.86. The summed E-state index contributed by atoms with van der Waals surface area (Å²) in [6.07, 6.45) is 4.06. The second-order valence-electron chi connectivity index (χ2n) is 6.91. The molecule has 0 spiro atoms. The van der Waals surface area contributed by atoms with Gasteiger partial charge in [0.05, 0.1) is 11.6 Å². The van der Waals surface area contributed by atoms with Gasteiger partial charge in [0, 0.05) is 72.4 Å². The monoisotopic (exact) mass is 358 g/mol. The van der Waals surface area contributed by atoms with Gasteiger partial charge in [0.1, 0.15) is 12.1 Å². The van der Waals surface area contributed by atoms with Gasteiger partial charge < -0.3 is 15.1 Å². The number of hydrogen-bond donors (Lipinski definition) is 1. The Kier molecular flexibility index (Phi) is 4.98. The standard InChI is InChI=1S/C17H26N8O/c1-22-16-14(12-21-22)17(20-13-19-16)25-10-8-23(9-11-25)5-2-15(26)24-6-3-18-4-7-24/h12-13,18H,2-11H2,1H3. The van der Waals surface area contributed by atoms with Crippen LogP contribution in [-0.2, 0) is 11.8 Å². The maximum Gasteiger partial charge on any atom is 0.223 e. The van der Waals surface area contributed by atoms with Crippen molar-refractivity contribution in [3.8, 4) is 0 Å². The van der Waals surface area contributed by atoms with Crippen LogP contribution in [-0.4, -0.2) is 94.4 Å². The van der Waals surface area contributed by atoms with Gasteiger partial charge in [-0.3, -0.25) is 14.4 Å². The topological polar surface area (TPSA) is 82.4 Å². The summed E-state index contributed by atoms with van der Waals surface area (Å²) in [6.45, 7) is 8.02. The van der Waals surface area contributed by atoms with Crippen LogP contribution in [0.4, 0.5) is 5.82 Å². The van der Waals surface area contributed by atoms with E-state index in [1.807, 2.05) is 18.1 Å². The first-order valence-electron chi connectivity index (χ1n) is 9.31. The first-order chi connectivity index (χ1) is 12.7. The van der Waals surface area contributed by atoms with Crippen molar-refractivity contribution in [1.82, 2.24) is 34.9 Å². The molecule has 0 saturated carbocycles. The molecular formula is C17H26N8O. The molecule has 2 fully saturated rings. The summed E-state index contributed by atoms with van der Waals surface area (Å²) in [4.78, 5) is 27.7. The fourth-order valence-electron chi connectivity index (χ4n) is 3.71. The Labute approximate surface area is 153 Å². The molecule has 0 aromatic carbocycles. The average molecular weight is 358 g/mol. The number of amides is 1. The van der Waals surface area contributed by atoms with E-state index < -0.39 is 0 Å². The third-order valence-electron chi connectivity index (χ3n) is 5.29. The molecule has 0 atom stereocenters. The molecule has 9 heteroatoms. The summed E-state index contributed by atoms with van der Waals surface area (Å²) in [7, 11) is 1.90. The van der Waals surface area contributed by atoms with E-state index in [1.54, 1.807) is 11.0 Å². The maximum absolute atomic E-state index is 12.3. The summed E-state index contributed by atoms with van der Waals surface area (Å²) in [5, 5.41) is 8.57. The van der Waals surface area contributed by atoms with Gasteiger partial charge in [-0.2, -0.15) is 5.10 Å². The number of rotatable bonds is 4. The number of aromatic nitrogens is 4. The van der Waals surface area contributed by atoms with Crippen molar-refractivity contribution in [3.63, 3.8) is 0 Å². The molecule has 0 aliphatic carbocycles. The first kappa shape index (κ1) is 17.2. The van der Waals surface area contributed by atoms with Crippen molar-refractivity contribution in [2.75, 3.05) is 63.8 Å². The number of carbonyl (C=O) groups excluding carboxylic acids is 1. The molecule has 2 saturated heterocycles. The molecule has 9 nitrogen and oxygen atoms in total. The molecule has 0 bridgehead atoms. The van der Waals surface area contributed by atoms with Crippen molar-refractivity contribution in [1.29, 1.82) is 0 Å². The van der Waals surface area contributed by atoms with E-state index >= 15 is 0 Å². The second kappa shape index (κ2) is 7.55. The normalized spacial score (nSPS) is 19.3. The lowest BCUT2D eigenvalue weighted by Crippen LogP contribution is -2.49. The summed E-state index contributed by atoms with van der Waals surface area (Å²) < 4.78 is 1.78. The number of piperazine rings is 2. The zero-order valence-electron chi connectivity index (χ0n) is 15.3. The van der Waals surface area contributed by atoms with Crippen LogP contribution in [0.25, 0.3) is 11.0 Å². The van der Waals surface area contributed by atoms with Crippen molar-refractivity contribution < 1.29 is 4.79 Å². The smallest absolute Gasteiger partial charge is 0.223 e. The minimum absolute atomic E-state index is 0.279. The number of nitrogens with one attached hydrogen (secondary N) is 1. The van der Waals surface area contributed by atoms with Gasteiger partial charge in [0.15, 0.2) is 5.65 Å². The Morgan fingerprint density at radius 3 is 2.65 bits per heavy atom. The fraction of sp³-hybridized carbons (Fsp3) is 0.647. The SMILES string of the molecule is Cn1ncc2c(N3CCN(CCC(=O)N4CCNCC4)CC3)ncnc21. The summed E-state index contributed by atoms with van der Waals surface area (Å²) in [5.74, 6) is 1.24. The van der Waals surface area contributed by atoms with Gasteiger partial charge >= 0.3 is 0 Å². The van der Waals surface area contributed by atoms with E-state index in [9.17, 15) is 4.79 Å². The highest BCUT2D eigenvalue weighted by Gasteiger charge is 2.22. The molecule has 1 amide bonds. The van der Waals surface area contributed by atoms with Crippen molar-refractivity contribution in [2.24, 2.45) is 7.05 Å². The lowest BCUT2D eigenvalue weighted by Gasteiger charge is -2.36. The molecule has 26 heavy (non-hydrogen) atoms. The largest absolute Gasteiger partial charge is 0.353 e. The lowest BCUT2D eigenvalue weighted by molar-refractivity contribution is -0.132. The highest BCUT2D eigenvalue weighted by atomic mass is 16.2. The lowest BCUT2D eigenvalue weighted by atomic mass is 10.2. The molecule has 2 aliphatic rings. The quantitative estimate of drug-likeness (QED) is 0.774. The third kappa shape index (κ3) is 3.49.